The van der Waals surface area contributed by atoms with E-state index in [0.29, 0.717) is 22.5 Å². The maximum Gasteiger partial charge on any atom is 0.252 e. The largest absolute Gasteiger partial charge is 0.313 e. The van der Waals surface area contributed by atoms with Gasteiger partial charge < -0.3 is 5.32 Å². The average molecular weight is 321 g/mol. The lowest BCUT2D eigenvalue weighted by atomic mass is 10.3. The van der Waals surface area contributed by atoms with Crippen molar-refractivity contribution in [3.8, 4) is 0 Å². The number of nitrogens with one attached hydrogen (secondary N) is 1. The molecule has 0 aliphatic carbocycles. The summed E-state index contributed by atoms with van der Waals surface area (Å²) in [6.45, 7) is 6.98. The molecule has 0 spiro atoms. The number of hydrogen-bond acceptors (Lipinski definition) is 5. The first-order valence-electron chi connectivity index (χ1n) is 6.44. The van der Waals surface area contributed by atoms with Gasteiger partial charge in [0, 0.05) is 30.6 Å². The highest BCUT2D eigenvalue weighted by molar-refractivity contribution is 8.00. The Morgan fingerprint density at radius 2 is 2.32 bits per heavy atom. The van der Waals surface area contributed by atoms with Crippen molar-refractivity contribution in [3.63, 3.8) is 0 Å². The molecule has 4 nitrogen and oxygen atoms in total. The zero-order valence-electron chi connectivity index (χ0n) is 11.3. The highest BCUT2D eigenvalue weighted by atomic mass is 32.2. The summed E-state index contributed by atoms with van der Waals surface area (Å²) in [5.74, 6) is 0.885. The smallest absolute Gasteiger partial charge is 0.252 e. The molecule has 108 valence electrons. The van der Waals surface area contributed by atoms with E-state index >= 15 is 0 Å². The molecular formula is C12H20N2O2S3. The molecule has 1 aliphatic heterocycles. The van der Waals surface area contributed by atoms with Crippen LogP contribution < -0.4 is 5.32 Å². The number of thioether (sulfide) groups is 1. The van der Waals surface area contributed by atoms with E-state index in [-0.39, 0.29) is 0 Å². The van der Waals surface area contributed by atoms with Crippen molar-refractivity contribution in [2.24, 2.45) is 0 Å². The highest BCUT2D eigenvalue weighted by Gasteiger charge is 2.29. The van der Waals surface area contributed by atoms with Crippen LogP contribution in [0.15, 0.2) is 15.7 Å². The molecule has 19 heavy (non-hydrogen) atoms. The number of rotatable bonds is 5. The third kappa shape index (κ3) is 3.72. The van der Waals surface area contributed by atoms with Crippen molar-refractivity contribution in [3.05, 3.63) is 17.0 Å². The van der Waals surface area contributed by atoms with Gasteiger partial charge in [0.15, 0.2) is 0 Å². The standard InChI is InChI=1S/C12H20N2O2S3/c1-3-13-7-11-6-12(18-9-11)19(15,16)14-4-5-17-10(2)8-14/h6,9-10,13H,3-5,7-8H2,1-2H3. The van der Waals surface area contributed by atoms with Crippen molar-refractivity contribution < 1.29 is 8.42 Å². The fourth-order valence-electron chi connectivity index (χ4n) is 1.98. The van der Waals surface area contributed by atoms with E-state index in [1.807, 2.05) is 24.1 Å². The van der Waals surface area contributed by atoms with Gasteiger partial charge in [0.05, 0.1) is 0 Å². The van der Waals surface area contributed by atoms with Crippen LogP contribution in [0.4, 0.5) is 0 Å². The fraction of sp³-hybridized carbons (Fsp3) is 0.667. The number of hydrogen-bond donors (Lipinski definition) is 1. The summed E-state index contributed by atoms with van der Waals surface area (Å²) in [4.78, 5) is 0. The topological polar surface area (TPSA) is 49.4 Å². The van der Waals surface area contributed by atoms with Gasteiger partial charge >= 0.3 is 0 Å². The van der Waals surface area contributed by atoms with Crippen LogP contribution in [0.25, 0.3) is 0 Å². The Kier molecular flexibility index (Phi) is 5.30. The summed E-state index contributed by atoms with van der Waals surface area (Å²) in [6.07, 6.45) is 0. The summed E-state index contributed by atoms with van der Waals surface area (Å²) in [5.41, 5.74) is 1.05. The van der Waals surface area contributed by atoms with Crippen molar-refractivity contribution in [1.82, 2.24) is 9.62 Å². The maximum atomic E-state index is 12.5. The number of thiophene rings is 1. The third-order valence-electron chi connectivity index (χ3n) is 3.01. The molecule has 1 fully saturated rings. The minimum absolute atomic E-state index is 0.379. The van der Waals surface area contributed by atoms with Gasteiger partial charge in [0.25, 0.3) is 10.0 Å². The van der Waals surface area contributed by atoms with Crippen LogP contribution in [0.3, 0.4) is 0 Å². The predicted octanol–water partition coefficient (Wildman–Crippen LogP) is 1.98. The van der Waals surface area contributed by atoms with Gasteiger partial charge in [-0.1, -0.05) is 13.8 Å². The minimum Gasteiger partial charge on any atom is -0.313 e. The molecule has 0 radical (unpaired) electrons. The maximum absolute atomic E-state index is 12.5. The van der Waals surface area contributed by atoms with Gasteiger partial charge in [-0.05, 0) is 23.6 Å². The SMILES string of the molecule is CCNCc1csc(S(=O)(=O)N2CCSC(C)C2)c1. The van der Waals surface area contributed by atoms with Crippen LogP contribution in [0, 0.1) is 0 Å². The van der Waals surface area contributed by atoms with E-state index in [9.17, 15) is 8.42 Å². The van der Waals surface area contributed by atoms with Crippen LogP contribution in [0.1, 0.15) is 19.4 Å². The Labute approximate surface area is 123 Å². The van der Waals surface area contributed by atoms with E-state index < -0.39 is 10.0 Å². The number of nitrogens with zero attached hydrogens (tertiary/aromatic N) is 1. The summed E-state index contributed by atoms with van der Waals surface area (Å²) >= 11 is 3.16. The average Bonchev–Trinajstić information content (AvgIpc) is 2.86. The van der Waals surface area contributed by atoms with Gasteiger partial charge in [0.1, 0.15) is 4.21 Å². The molecule has 0 saturated carbocycles. The highest BCUT2D eigenvalue weighted by Crippen LogP contribution is 2.28. The first-order valence-corrected chi connectivity index (χ1v) is 9.80. The molecule has 2 rings (SSSR count). The van der Waals surface area contributed by atoms with Crippen LogP contribution in [-0.4, -0.2) is 43.4 Å². The van der Waals surface area contributed by atoms with Crippen molar-refractivity contribution in [2.45, 2.75) is 29.9 Å². The first-order chi connectivity index (χ1) is 9.04. The molecule has 1 aliphatic rings. The molecule has 1 N–H and O–H groups in total. The van der Waals surface area contributed by atoms with Crippen LogP contribution in [-0.2, 0) is 16.6 Å². The Morgan fingerprint density at radius 1 is 1.53 bits per heavy atom. The molecular weight excluding hydrogens is 300 g/mol. The molecule has 1 saturated heterocycles. The molecule has 1 atom stereocenters. The Morgan fingerprint density at radius 3 is 3.00 bits per heavy atom. The molecule has 1 aromatic heterocycles. The summed E-state index contributed by atoms with van der Waals surface area (Å²) in [6, 6.07) is 1.80. The summed E-state index contributed by atoms with van der Waals surface area (Å²) in [7, 11) is -3.29. The Bertz CT molecular complexity index is 513. The van der Waals surface area contributed by atoms with E-state index in [4.69, 9.17) is 0 Å². The summed E-state index contributed by atoms with van der Waals surface area (Å²) in [5, 5.41) is 5.52. The lowest BCUT2D eigenvalue weighted by Gasteiger charge is -2.29. The lowest BCUT2D eigenvalue weighted by Crippen LogP contribution is -2.40. The summed E-state index contributed by atoms with van der Waals surface area (Å²) < 4.78 is 27.1. The van der Waals surface area contributed by atoms with E-state index in [2.05, 4.69) is 12.2 Å². The van der Waals surface area contributed by atoms with Crippen molar-refractivity contribution in [2.75, 3.05) is 25.4 Å². The van der Waals surface area contributed by atoms with Gasteiger partial charge in [-0.15, -0.1) is 11.3 Å². The second-order valence-electron chi connectivity index (χ2n) is 4.60. The Hall–Kier alpha value is -0.0800. The zero-order valence-corrected chi connectivity index (χ0v) is 13.7. The second-order valence-corrected chi connectivity index (χ2v) is 9.22. The first kappa shape index (κ1) is 15.3. The van der Waals surface area contributed by atoms with Gasteiger partial charge in [-0.25, -0.2) is 8.42 Å². The second kappa shape index (κ2) is 6.58. The molecule has 0 amide bonds. The lowest BCUT2D eigenvalue weighted by molar-refractivity contribution is 0.425. The van der Waals surface area contributed by atoms with Crippen molar-refractivity contribution in [1.29, 1.82) is 0 Å². The van der Waals surface area contributed by atoms with Crippen LogP contribution in [0.5, 0.6) is 0 Å². The monoisotopic (exact) mass is 320 g/mol. The Balaban J connectivity index is 2.12. The van der Waals surface area contributed by atoms with E-state index in [1.165, 1.54) is 11.3 Å². The molecule has 7 heteroatoms. The minimum atomic E-state index is -3.29. The van der Waals surface area contributed by atoms with E-state index in [0.717, 1.165) is 24.4 Å². The quantitative estimate of drug-likeness (QED) is 0.901. The molecule has 1 aromatic rings. The fourth-order valence-corrected chi connectivity index (χ4v) is 6.10. The zero-order chi connectivity index (χ0) is 13.9. The normalized spacial score (nSPS) is 21.7. The van der Waals surface area contributed by atoms with Gasteiger partial charge in [-0.3, -0.25) is 0 Å². The molecule has 0 aromatic carbocycles. The van der Waals surface area contributed by atoms with Crippen molar-refractivity contribution >= 4 is 33.1 Å². The van der Waals surface area contributed by atoms with Crippen LogP contribution in [0.2, 0.25) is 0 Å². The van der Waals surface area contributed by atoms with E-state index in [1.54, 1.807) is 10.4 Å². The molecule has 0 bridgehead atoms. The van der Waals surface area contributed by atoms with Crippen LogP contribution >= 0.6 is 23.1 Å². The molecule has 1 unspecified atom stereocenters. The predicted molar refractivity (Wildman–Crippen MR) is 82.4 cm³/mol. The number of sulfonamides is 1. The third-order valence-corrected chi connectivity index (χ3v) is 7.47. The molecule has 2 heterocycles. The van der Waals surface area contributed by atoms with Gasteiger partial charge in [0.2, 0.25) is 0 Å². The van der Waals surface area contributed by atoms with Gasteiger partial charge in [-0.2, -0.15) is 16.1 Å².